The Morgan fingerprint density at radius 1 is 1.25 bits per heavy atom. The maximum atomic E-state index is 12.4. The topological polar surface area (TPSA) is 36.4 Å². The van der Waals surface area contributed by atoms with Crippen molar-refractivity contribution < 1.29 is 4.79 Å². The number of fused-ring (bicyclic) bond motifs is 1. The lowest BCUT2D eigenvalue weighted by Gasteiger charge is -2.44. The molecule has 2 heterocycles. The third-order valence-corrected chi connectivity index (χ3v) is 4.71. The first-order valence-electron chi connectivity index (χ1n) is 7.32. The minimum atomic E-state index is -0.165. The Labute approximate surface area is 124 Å². The molecule has 0 spiro atoms. The molecule has 1 aromatic heterocycles. The summed E-state index contributed by atoms with van der Waals surface area (Å²) in [5, 5.41) is 0.486. The highest BCUT2D eigenvalue weighted by molar-refractivity contribution is 6.29. The van der Waals surface area contributed by atoms with Crippen molar-refractivity contribution in [2.75, 3.05) is 16.8 Å². The van der Waals surface area contributed by atoms with E-state index in [0.29, 0.717) is 11.2 Å². The van der Waals surface area contributed by atoms with Crippen molar-refractivity contribution in [1.82, 2.24) is 4.98 Å². The molecular weight excluding hydrogens is 274 g/mol. The average molecular weight is 294 g/mol. The second kappa shape index (κ2) is 5.24. The van der Waals surface area contributed by atoms with Crippen LogP contribution >= 0.6 is 11.6 Å². The Balaban J connectivity index is 2.05. The van der Waals surface area contributed by atoms with Crippen LogP contribution < -0.4 is 9.80 Å². The van der Waals surface area contributed by atoms with E-state index in [0.717, 1.165) is 24.3 Å². The number of rotatable bonds is 1. The Morgan fingerprint density at radius 3 is 2.65 bits per heavy atom. The Morgan fingerprint density at radius 2 is 1.95 bits per heavy atom. The normalized spacial score (nSPS) is 23.9. The zero-order valence-electron chi connectivity index (χ0n) is 12.0. The second-order valence-electron chi connectivity index (χ2n) is 5.75. The number of hydrogen-bond acceptors (Lipinski definition) is 3. The van der Waals surface area contributed by atoms with Crippen LogP contribution in [0.5, 0.6) is 0 Å². The van der Waals surface area contributed by atoms with Gasteiger partial charge in [0.2, 0.25) is 5.91 Å². The molecule has 4 nitrogen and oxygen atoms in total. The molecule has 0 bridgehead atoms. The monoisotopic (exact) mass is 293 g/mol. The van der Waals surface area contributed by atoms with Gasteiger partial charge in [0.15, 0.2) is 5.82 Å². The molecule has 20 heavy (non-hydrogen) atoms. The predicted molar refractivity (Wildman–Crippen MR) is 81.5 cm³/mol. The number of nitrogens with zero attached hydrogens (tertiary/aromatic N) is 3. The van der Waals surface area contributed by atoms with E-state index in [4.69, 9.17) is 11.6 Å². The molecule has 1 amide bonds. The molecule has 1 atom stereocenters. The van der Waals surface area contributed by atoms with Gasteiger partial charge in [0.1, 0.15) is 11.2 Å². The molecule has 0 saturated heterocycles. The quantitative estimate of drug-likeness (QED) is 0.746. The van der Waals surface area contributed by atoms with Crippen LogP contribution in [-0.4, -0.2) is 30.0 Å². The fourth-order valence-corrected chi connectivity index (χ4v) is 3.56. The maximum absolute atomic E-state index is 12.4. The summed E-state index contributed by atoms with van der Waals surface area (Å²) in [6.07, 6.45) is 6.02. The molecule has 3 rings (SSSR count). The lowest BCUT2D eigenvalue weighted by Crippen LogP contribution is -2.55. The molecule has 1 fully saturated rings. The minimum absolute atomic E-state index is 0.132. The van der Waals surface area contributed by atoms with E-state index in [1.165, 1.54) is 19.3 Å². The first-order chi connectivity index (χ1) is 9.59. The van der Waals surface area contributed by atoms with Gasteiger partial charge in [-0.15, -0.1) is 0 Å². The van der Waals surface area contributed by atoms with Crippen LogP contribution in [0.1, 0.15) is 39.0 Å². The van der Waals surface area contributed by atoms with Gasteiger partial charge in [0.05, 0.1) is 5.69 Å². The van der Waals surface area contributed by atoms with Crippen LogP contribution in [0.25, 0.3) is 0 Å². The molecule has 1 saturated carbocycles. The van der Waals surface area contributed by atoms with Gasteiger partial charge in [0, 0.05) is 13.1 Å². The summed E-state index contributed by atoms with van der Waals surface area (Å²) in [6, 6.07) is 3.88. The standard InChI is InChI=1S/C15H20ClN3O/c1-10-15(20)18(2)12-8-9-13(16)17-14(12)19(10)11-6-4-3-5-7-11/h8-11H,3-7H2,1-2H3/t10-/m1/s1. The highest BCUT2D eigenvalue weighted by atomic mass is 35.5. The molecule has 0 aromatic carbocycles. The van der Waals surface area contributed by atoms with Crippen molar-refractivity contribution in [2.45, 2.75) is 51.1 Å². The zero-order valence-corrected chi connectivity index (χ0v) is 12.7. The minimum Gasteiger partial charge on any atom is -0.340 e. The summed E-state index contributed by atoms with van der Waals surface area (Å²) in [5.74, 6) is 0.992. The van der Waals surface area contributed by atoms with Crippen molar-refractivity contribution in [1.29, 1.82) is 0 Å². The third kappa shape index (κ3) is 2.16. The van der Waals surface area contributed by atoms with Crippen molar-refractivity contribution in [3.05, 3.63) is 17.3 Å². The maximum Gasteiger partial charge on any atom is 0.249 e. The van der Waals surface area contributed by atoms with Gasteiger partial charge in [-0.25, -0.2) is 4.98 Å². The Hall–Kier alpha value is -1.29. The Bertz CT molecular complexity index is 528. The molecule has 5 heteroatoms. The molecule has 1 aromatic rings. The van der Waals surface area contributed by atoms with Gasteiger partial charge in [-0.1, -0.05) is 30.9 Å². The molecule has 108 valence electrons. The van der Waals surface area contributed by atoms with Gasteiger partial charge in [-0.2, -0.15) is 0 Å². The number of hydrogen-bond donors (Lipinski definition) is 0. The number of halogens is 1. The van der Waals surface area contributed by atoms with E-state index in [-0.39, 0.29) is 11.9 Å². The Kier molecular flexibility index (Phi) is 3.59. The predicted octanol–water partition coefficient (Wildman–Crippen LogP) is 3.24. The van der Waals surface area contributed by atoms with Crippen LogP contribution in [-0.2, 0) is 4.79 Å². The number of anilines is 2. The van der Waals surface area contributed by atoms with Crippen LogP contribution in [0.3, 0.4) is 0 Å². The van der Waals surface area contributed by atoms with E-state index >= 15 is 0 Å². The summed E-state index contributed by atoms with van der Waals surface area (Å²) >= 11 is 6.07. The van der Waals surface area contributed by atoms with Crippen LogP contribution in [0.4, 0.5) is 11.5 Å². The van der Waals surface area contributed by atoms with Crippen molar-refractivity contribution >= 4 is 29.0 Å². The van der Waals surface area contributed by atoms with Gasteiger partial charge in [0.25, 0.3) is 0 Å². The van der Waals surface area contributed by atoms with Gasteiger partial charge >= 0.3 is 0 Å². The molecule has 0 unspecified atom stereocenters. The van der Waals surface area contributed by atoms with E-state index in [9.17, 15) is 4.79 Å². The van der Waals surface area contributed by atoms with Gasteiger partial charge in [-0.3, -0.25) is 4.79 Å². The molecule has 0 N–H and O–H groups in total. The largest absolute Gasteiger partial charge is 0.340 e. The van der Waals surface area contributed by atoms with Crippen LogP contribution in [0.15, 0.2) is 12.1 Å². The molecule has 2 aliphatic rings. The van der Waals surface area contributed by atoms with E-state index in [1.54, 1.807) is 11.0 Å². The lowest BCUT2D eigenvalue weighted by atomic mass is 9.92. The molecule has 0 radical (unpaired) electrons. The van der Waals surface area contributed by atoms with E-state index in [1.807, 2.05) is 20.0 Å². The number of carbonyl (C=O) groups is 1. The second-order valence-corrected chi connectivity index (χ2v) is 6.14. The number of amides is 1. The number of pyridine rings is 1. The van der Waals surface area contributed by atoms with Crippen molar-refractivity contribution in [2.24, 2.45) is 0 Å². The van der Waals surface area contributed by atoms with Crippen molar-refractivity contribution in [3.63, 3.8) is 0 Å². The van der Waals surface area contributed by atoms with Crippen LogP contribution in [0, 0.1) is 0 Å². The third-order valence-electron chi connectivity index (χ3n) is 4.50. The zero-order chi connectivity index (χ0) is 14.3. The van der Waals surface area contributed by atoms with Crippen LogP contribution in [0.2, 0.25) is 5.15 Å². The van der Waals surface area contributed by atoms with Gasteiger partial charge in [-0.05, 0) is 31.9 Å². The van der Waals surface area contributed by atoms with Gasteiger partial charge < -0.3 is 9.80 Å². The fraction of sp³-hybridized carbons (Fsp3) is 0.600. The highest BCUT2D eigenvalue weighted by Crippen LogP contribution is 2.38. The summed E-state index contributed by atoms with van der Waals surface area (Å²) in [6.45, 7) is 1.97. The summed E-state index contributed by atoms with van der Waals surface area (Å²) in [4.78, 5) is 20.8. The molecule has 1 aliphatic heterocycles. The molecular formula is C15H20ClN3O. The smallest absolute Gasteiger partial charge is 0.249 e. The summed E-state index contributed by atoms with van der Waals surface area (Å²) in [7, 11) is 1.81. The number of likely N-dealkylation sites (N-methyl/N-ethyl adjacent to an activating group) is 1. The van der Waals surface area contributed by atoms with Crippen molar-refractivity contribution in [3.8, 4) is 0 Å². The fourth-order valence-electron chi connectivity index (χ4n) is 3.42. The number of carbonyl (C=O) groups excluding carboxylic acids is 1. The number of aromatic nitrogens is 1. The summed E-state index contributed by atoms with van der Waals surface area (Å²) in [5.41, 5.74) is 0.864. The highest BCUT2D eigenvalue weighted by Gasteiger charge is 2.38. The van der Waals surface area contributed by atoms with E-state index in [2.05, 4.69) is 9.88 Å². The summed E-state index contributed by atoms with van der Waals surface area (Å²) < 4.78 is 0. The van der Waals surface area contributed by atoms with E-state index < -0.39 is 0 Å². The first-order valence-corrected chi connectivity index (χ1v) is 7.70. The first kappa shape index (κ1) is 13.7. The average Bonchev–Trinajstić information content (AvgIpc) is 2.46. The lowest BCUT2D eigenvalue weighted by molar-refractivity contribution is -0.119. The SMILES string of the molecule is C[C@@H]1C(=O)N(C)c2ccc(Cl)nc2N1C1CCCCC1. The molecule has 1 aliphatic carbocycles.